The summed E-state index contributed by atoms with van der Waals surface area (Å²) in [7, 11) is 6.10. The van der Waals surface area contributed by atoms with Crippen molar-refractivity contribution in [1.29, 1.82) is 0 Å². The van der Waals surface area contributed by atoms with E-state index in [1.807, 2.05) is 19.0 Å². The molecule has 0 spiro atoms. The van der Waals surface area contributed by atoms with Crippen molar-refractivity contribution in [1.82, 2.24) is 20.0 Å². The lowest BCUT2D eigenvalue weighted by Crippen LogP contribution is -2.49. The predicted molar refractivity (Wildman–Crippen MR) is 91.1 cm³/mol. The van der Waals surface area contributed by atoms with Crippen LogP contribution in [0.15, 0.2) is 0 Å². The van der Waals surface area contributed by atoms with Gasteiger partial charge in [0, 0.05) is 51.1 Å². The van der Waals surface area contributed by atoms with Gasteiger partial charge in [0.15, 0.2) is 0 Å². The molecule has 132 valence electrons. The summed E-state index contributed by atoms with van der Waals surface area (Å²) < 4.78 is 0. The largest absolute Gasteiger partial charge is 0.355 e. The standard InChI is InChI=1S/C17H32N4O2/c1-19(2)9-8-18-16(22)14-4-6-15(7-5-14)17(23)21-12-10-20(3)11-13-21/h14-15H,4-13H2,1-3H3,(H,18,22). The third kappa shape index (κ3) is 5.46. The van der Waals surface area contributed by atoms with Gasteiger partial charge in [-0.2, -0.15) is 0 Å². The van der Waals surface area contributed by atoms with Crippen LogP contribution in [0.3, 0.4) is 0 Å². The third-order valence-electron chi connectivity index (χ3n) is 5.12. The molecule has 1 aliphatic carbocycles. The smallest absolute Gasteiger partial charge is 0.225 e. The van der Waals surface area contributed by atoms with Gasteiger partial charge in [-0.05, 0) is 46.8 Å². The number of amides is 2. The highest BCUT2D eigenvalue weighted by molar-refractivity contribution is 5.81. The molecule has 1 heterocycles. The molecule has 2 rings (SSSR count). The molecule has 0 aromatic carbocycles. The first-order valence-corrected chi connectivity index (χ1v) is 8.87. The van der Waals surface area contributed by atoms with E-state index in [1.54, 1.807) is 0 Å². The molecule has 0 aromatic rings. The van der Waals surface area contributed by atoms with Crippen LogP contribution in [0.25, 0.3) is 0 Å². The molecule has 0 unspecified atom stereocenters. The Balaban J connectivity index is 1.70. The molecule has 2 fully saturated rings. The van der Waals surface area contributed by atoms with Crippen LogP contribution in [0, 0.1) is 11.8 Å². The summed E-state index contributed by atoms with van der Waals surface area (Å²) in [6, 6.07) is 0. The second-order valence-electron chi connectivity index (χ2n) is 7.27. The van der Waals surface area contributed by atoms with E-state index in [0.29, 0.717) is 12.5 Å². The van der Waals surface area contributed by atoms with E-state index in [2.05, 4.69) is 22.2 Å². The average molecular weight is 324 g/mol. The number of nitrogens with one attached hydrogen (secondary N) is 1. The van der Waals surface area contributed by atoms with E-state index in [0.717, 1.165) is 58.4 Å². The van der Waals surface area contributed by atoms with Crippen molar-refractivity contribution >= 4 is 11.8 Å². The number of carbonyl (C=O) groups is 2. The summed E-state index contributed by atoms with van der Waals surface area (Å²) in [6.45, 7) is 5.19. The zero-order chi connectivity index (χ0) is 16.8. The lowest BCUT2D eigenvalue weighted by molar-refractivity contribution is -0.139. The number of hydrogen-bond donors (Lipinski definition) is 1. The summed E-state index contributed by atoms with van der Waals surface area (Å²) >= 11 is 0. The average Bonchev–Trinajstić information content (AvgIpc) is 2.54. The monoisotopic (exact) mass is 324 g/mol. The van der Waals surface area contributed by atoms with E-state index in [1.165, 1.54) is 0 Å². The SMILES string of the molecule is CN(C)CCNC(=O)C1CCC(C(=O)N2CCN(C)CC2)CC1. The molecule has 0 radical (unpaired) electrons. The van der Waals surface area contributed by atoms with Crippen molar-refractivity contribution in [2.24, 2.45) is 11.8 Å². The third-order valence-corrected chi connectivity index (χ3v) is 5.12. The molecule has 23 heavy (non-hydrogen) atoms. The first-order valence-electron chi connectivity index (χ1n) is 8.87. The van der Waals surface area contributed by atoms with Gasteiger partial charge in [-0.25, -0.2) is 0 Å². The molecule has 1 aliphatic heterocycles. The van der Waals surface area contributed by atoms with E-state index in [-0.39, 0.29) is 17.7 Å². The number of piperazine rings is 1. The van der Waals surface area contributed by atoms with Crippen LogP contribution in [-0.2, 0) is 9.59 Å². The van der Waals surface area contributed by atoms with Gasteiger partial charge in [0.2, 0.25) is 11.8 Å². The van der Waals surface area contributed by atoms with Gasteiger partial charge in [-0.1, -0.05) is 0 Å². The zero-order valence-corrected chi connectivity index (χ0v) is 14.9. The molecule has 0 bridgehead atoms. The normalized spacial score (nSPS) is 26.3. The lowest BCUT2D eigenvalue weighted by atomic mass is 9.81. The Morgan fingerprint density at radius 1 is 1.00 bits per heavy atom. The second-order valence-corrected chi connectivity index (χ2v) is 7.27. The van der Waals surface area contributed by atoms with E-state index < -0.39 is 0 Å². The summed E-state index contributed by atoms with van der Waals surface area (Å²) in [6.07, 6.45) is 3.41. The maximum Gasteiger partial charge on any atom is 0.225 e. The minimum absolute atomic E-state index is 0.0914. The van der Waals surface area contributed by atoms with Gasteiger partial charge in [-0.3, -0.25) is 9.59 Å². The number of rotatable bonds is 5. The molecule has 6 heteroatoms. The van der Waals surface area contributed by atoms with Gasteiger partial charge in [-0.15, -0.1) is 0 Å². The molecule has 0 aromatic heterocycles. The van der Waals surface area contributed by atoms with Crippen molar-refractivity contribution in [3.05, 3.63) is 0 Å². The summed E-state index contributed by atoms with van der Waals surface area (Å²) in [5, 5.41) is 3.01. The molecule has 1 saturated carbocycles. The van der Waals surface area contributed by atoms with Crippen LogP contribution in [0.2, 0.25) is 0 Å². The second kappa shape index (κ2) is 8.64. The molecular formula is C17H32N4O2. The molecule has 2 aliphatic rings. The Labute approximate surface area is 140 Å². The number of nitrogens with zero attached hydrogens (tertiary/aromatic N) is 3. The van der Waals surface area contributed by atoms with Gasteiger partial charge in [0.1, 0.15) is 0 Å². The Morgan fingerprint density at radius 3 is 2.13 bits per heavy atom. The summed E-state index contributed by atoms with van der Waals surface area (Å²) in [5.74, 6) is 0.694. The minimum Gasteiger partial charge on any atom is -0.355 e. The van der Waals surface area contributed by atoms with Crippen LogP contribution in [0.4, 0.5) is 0 Å². The maximum atomic E-state index is 12.6. The molecule has 1 saturated heterocycles. The Morgan fingerprint density at radius 2 is 1.57 bits per heavy atom. The minimum atomic E-state index is 0.0914. The van der Waals surface area contributed by atoms with Crippen LogP contribution in [0.5, 0.6) is 0 Å². The first-order chi connectivity index (χ1) is 11.0. The van der Waals surface area contributed by atoms with Crippen molar-refractivity contribution in [3.8, 4) is 0 Å². The first kappa shape index (κ1) is 18.2. The Kier molecular flexibility index (Phi) is 6.84. The molecule has 2 amide bonds. The fourth-order valence-corrected chi connectivity index (χ4v) is 3.43. The van der Waals surface area contributed by atoms with Crippen LogP contribution in [0.1, 0.15) is 25.7 Å². The molecular weight excluding hydrogens is 292 g/mol. The number of likely N-dealkylation sites (N-methyl/N-ethyl adjacent to an activating group) is 2. The van der Waals surface area contributed by atoms with Gasteiger partial charge in [0.05, 0.1) is 0 Å². The van der Waals surface area contributed by atoms with Gasteiger partial charge in [0.25, 0.3) is 0 Å². The summed E-state index contributed by atoms with van der Waals surface area (Å²) in [5.41, 5.74) is 0. The van der Waals surface area contributed by atoms with Crippen LogP contribution < -0.4 is 5.32 Å². The lowest BCUT2D eigenvalue weighted by Gasteiger charge is -2.36. The highest BCUT2D eigenvalue weighted by Gasteiger charge is 2.32. The molecule has 0 atom stereocenters. The molecule has 1 N–H and O–H groups in total. The number of hydrogen-bond acceptors (Lipinski definition) is 4. The van der Waals surface area contributed by atoms with E-state index in [9.17, 15) is 9.59 Å². The fraction of sp³-hybridized carbons (Fsp3) is 0.882. The van der Waals surface area contributed by atoms with Crippen LogP contribution >= 0.6 is 0 Å². The van der Waals surface area contributed by atoms with Crippen molar-refractivity contribution in [2.75, 3.05) is 60.4 Å². The predicted octanol–water partition coefficient (Wildman–Crippen LogP) is 0.245. The quantitative estimate of drug-likeness (QED) is 0.787. The summed E-state index contributed by atoms with van der Waals surface area (Å²) in [4.78, 5) is 31.1. The van der Waals surface area contributed by atoms with E-state index in [4.69, 9.17) is 0 Å². The zero-order valence-electron chi connectivity index (χ0n) is 14.9. The van der Waals surface area contributed by atoms with Crippen molar-refractivity contribution in [3.63, 3.8) is 0 Å². The van der Waals surface area contributed by atoms with Crippen molar-refractivity contribution in [2.45, 2.75) is 25.7 Å². The number of carbonyl (C=O) groups excluding carboxylic acids is 2. The Bertz CT molecular complexity index is 397. The van der Waals surface area contributed by atoms with E-state index >= 15 is 0 Å². The highest BCUT2D eigenvalue weighted by atomic mass is 16.2. The van der Waals surface area contributed by atoms with Gasteiger partial charge >= 0.3 is 0 Å². The van der Waals surface area contributed by atoms with Crippen LogP contribution in [-0.4, -0.2) is 86.9 Å². The fourth-order valence-electron chi connectivity index (χ4n) is 3.43. The Hall–Kier alpha value is -1.14. The topological polar surface area (TPSA) is 55.9 Å². The van der Waals surface area contributed by atoms with Crippen molar-refractivity contribution < 1.29 is 9.59 Å². The molecule has 6 nitrogen and oxygen atoms in total. The maximum absolute atomic E-state index is 12.6. The van der Waals surface area contributed by atoms with Gasteiger partial charge < -0.3 is 20.0 Å². The highest BCUT2D eigenvalue weighted by Crippen LogP contribution is 2.30.